The highest BCUT2D eigenvalue weighted by Gasteiger charge is 2.35. The first-order valence-corrected chi connectivity index (χ1v) is 7.63. The zero-order valence-electron chi connectivity index (χ0n) is 10.7. The first-order valence-electron chi connectivity index (χ1n) is 6.20. The summed E-state index contributed by atoms with van der Waals surface area (Å²) >= 11 is 7.35. The largest absolute Gasteiger partial charge is 0.292 e. The van der Waals surface area contributed by atoms with Crippen LogP contribution in [-0.2, 0) is 4.79 Å². The maximum atomic E-state index is 14.0. The van der Waals surface area contributed by atoms with E-state index in [2.05, 4.69) is 0 Å². The summed E-state index contributed by atoms with van der Waals surface area (Å²) in [6.45, 7) is 0. The van der Waals surface area contributed by atoms with Crippen LogP contribution < -0.4 is 4.90 Å². The molecule has 108 valence electrons. The van der Waals surface area contributed by atoms with Gasteiger partial charge in [-0.1, -0.05) is 23.7 Å². The van der Waals surface area contributed by atoms with E-state index in [1.807, 2.05) is 6.07 Å². The van der Waals surface area contributed by atoms with Gasteiger partial charge in [0.1, 0.15) is 17.0 Å². The molecule has 1 heterocycles. The molecule has 1 atom stereocenters. The average Bonchev–Trinajstić information content (AvgIpc) is 2.81. The first-order chi connectivity index (χ1) is 10.1. The van der Waals surface area contributed by atoms with Crippen molar-refractivity contribution in [3.63, 3.8) is 0 Å². The normalized spacial score (nSPS) is 18.3. The third-order valence-corrected chi connectivity index (χ3v) is 4.62. The Balaban J connectivity index is 2.04. The number of hydrogen-bond acceptors (Lipinski definition) is 2. The Morgan fingerprint density at radius 3 is 2.71 bits per heavy atom. The molecule has 1 amide bonds. The lowest BCUT2D eigenvalue weighted by Crippen LogP contribution is -2.28. The minimum atomic E-state index is -0.752. The van der Waals surface area contributed by atoms with Crippen molar-refractivity contribution < 1.29 is 13.6 Å². The summed E-state index contributed by atoms with van der Waals surface area (Å²) in [7, 11) is 0. The van der Waals surface area contributed by atoms with E-state index in [4.69, 9.17) is 11.6 Å². The number of thioether (sulfide) groups is 1. The SMILES string of the molecule is O=C1CS[C@@H](c2cccc(Cl)c2)N1c1ccc(F)cc1F. The summed E-state index contributed by atoms with van der Waals surface area (Å²) in [6, 6.07) is 10.3. The highest BCUT2D eigenvalue weighted by molar-refractivity contribution is 8.00. The van der Waals surface area contributed by atoms with Gasteiger partial charge in [0, 0.05) is 11.1 Å². The molecular weight excluding hydrogens is 316 g/mol. The smallest absolute Gasteiger partial charge is 0.238 e. The second-order valence-electron chi connectivity index (χ2n) is 4.58. The van der Waals surface area contributed by atoms with E-state index >= 15 is 0 Å². The molecule has 1 aliphatic heterocycles. The van der Waals surface area contributed by atoms with Gasteiger partial charge in [-0.15, -0.1) is 11.8 Å². The van der Waals surface area contributed by atoms with Crippen molar-refractivity contribution in [1.29, 1.82) is 0 Å². The molecule has 0 radical (unpaired) electrons. The maximum Gasteiger partial charge on any atom is 0.238 e. The molecule has 3 rings (SSSR count). The van der Waals surface area contributed by atoms with E-state index in [0.717, 1.165) is 17.7 Å². The van der Waals surface area contributed by atoms with Crippen LogP contribution in [0.1, 0.15) is 10.9 Å². The van der Waals surface area contributed by atoms with E-state index in [0.29, 0.717) is 5.02 Å². The Morgan fingerprint density at radius 2 is 2.00 bits per heavy atom. The lowest BCUT2D eigenvalue weighted by Gasteiger charge is -2.24. The predicted octanol–water partition coefficient (Wildman–Crippen LogP) is 4.40. The van der Waals surface area contributed by atoms with Gasteiger partial charge in [-0.3, -0.25) is 9.69 Å². The molecule has 0 unspecified atom stereocenters. The van der Waals surface area contributed by atoms with Gasteiger partial charge in [-0.25, -0.2) is 8.78 Å². The van der Waals surface area contributed by atoms with Crippen LogP contribution in [0.4, 0.5) is 14.5 Å². The van der Waals surface area contributed by atoms with Crippen LogP contribution in [-0.4, -0.2) is 11.7 Å². The molecule has 2 aromatic rings. The number of hydrogen-bond donors (Lipinski definition) is 0. The fourth-order valence-corrected chi connectivity index (χ4v) is 3.63. The summed E-state index contributed by atoms with van der Waals surface area (Å²) in [6.07, 6.45) is 0. The second kappa shape index (κ2) is 5.66. The van der Waals surface area contributed by atoms with E-state index in [-0.39, 0.29) is 22.7 Å². The highest BCUT2D eigenvalue weighted by atomic mass is 35.5. The summed E-state index contributed by atoms with van der Waals surface area (Å²) in [5.74, 6) is -1.39. The van der Waals surface area contributed by atoms with Gasteiger partial charge >= 0.3 is 0 Å². The van der Waals surface area contributed by atoms with Crippen LogP contribution in [0.25, 0.3) is 0 Å². The van der Waals surface area contributed by atoms with Gasteiger partial charge < -0.3 is 0 Å². The number of rotatable bonds is 2. The highest BCUT2D eigenvalue weighted by Crippen LogP contribution is 2.43. The minimum absolute atomic E-state index is 0.0800. The molecule has 0 bridgehead atoms. The third-order valence-electron chi connectivity index (χ3n) is 3.17. The number of anilines is 1. The summed E-state index contributed by atoms with van der Waals surface area (Å²) in [5, 5.41) is 0.183. The second-order valence-corrected chi connectivity index (χ2v) is 6.08. The van der Waals surface area contributed by atoms with Gasteiger partial charge in [-0.2, -0.15) is 0 Å². The predicted molar refractivity (Wildman–Crippen MR) is 80.5 cm³/mol. The number of benzene rings is 2. The number of amides is 1. The molecule has 1 fully saturated rings. The van der Waals surface area contributed by atoms with Gasteiger partial charge in [0.15, 0.2) is 0 Å². The quantitative estimate of drug-likeness (QED) is 0.816. The Morgan fingerprint density at radius 1 is 1.19 bits per heavy atom. The molecular formula is C15H10ClF2NOS. The Bertz CT molecular complexity index is 710. The van der Waals surface area contributed by atoms with E-state index < -0.39 is 11.6 Å². The summed E-state index contributed by atoms with van der Waals surface area (Å²) < 4.78 is 27.0. The summed E-state index contributed by atoms with van der Waals surface area (Å²) in [4.78, 5) is 13.4. The van der Waals surface area contributed by atoms with Gasteiger partial charge in [0.2, 0.25) is 5.91 Å². The molecule has 1 aliphatic rings. The van der Waals surface area contributed by atoms with Crippen LogP contribution >= 0.6 is 23.4 Å². The Labute approximate surface area is 129 Å². The standard InChI is InChI=1S/C15H10ClF2NOS/c16-10-3-1-2-9(6-10)15-19(14(20)8-21-15)13-5-4-11(17)7-12(13)18/h1-7,15H,8H2/t15-/m0/s1. The van der Waals surface area contributed by atoms with Crippen LogP contribution in [0.2, 0.25) is 5.02 Å². The number of nitrogens with zero attached hydrogens (tertiary/aromatic N) is 1. The minimum Gasteiger partial charge on any atom is -0.292 e. The van der Waals surface area contributed by atoms with E-state index in [1.54, 1.807) is 18.2 Å². The van der Waals surface area contributed by atoms with E-state index in [9.17, 15) is 13.6 Å². The lowest BCUT2D eigenvalue weighted by molar-refractivity contribution is -0.115. The number of halogens is 3. The molecule has 0 spiro atoms. The lowest BCUT2D eigenvalue weighted by atomic mass is 10.2. The van der Waals surface area contributed by atoms with Gasteiger partial charge in [0.05, 0.1) is 11.4 Å². The molecule has 0 aliphatic carbocycles. The van der Waals surface area contributed by atoms with Crippen molar-refractivity contribution in [2.45, 2.75) is 5.37 Å². The van der Waals surface area contributed by atoms with Crippen molar-refractivity contribution in [1.82, 2.24) is 0 Å². The molecule has 2 aromatic carbocycles. The fraction of sp³-hybridized carbons (Fsp3) is 0.133. The van der Waals surface area contributed by atoms with Crippen molar-refractivity contribution in [3.8, 4) is 0 Å². The zero-order chi connectivity index (χ0) is 15.0. The third kappa shape index (κ3) is 2.76. The molecule has 0 N–H and O–H groups in total. The molecule has 0 aromatic heterocycles. The monoisotopic (exact) mass is 325 g/mol. The number of carbonyl (C=O) groups is 1. The van der Waals surface area contributed by atoms with Crippen molar-refractivity contribution in [3.05, 3.63) is 64.7 Å². The van der Waals surface area contributed by atoms with Crippen LogP contribution in [0.15, 0.2) is 42.5 Å². The average molecular weight is 326 g/mol. The molecule has 21 heavy (non-hydrogen) atoms. The van der Waals surface area contributed by atoms with Crippen LogP contribution in [0, 0.1) is 11.6 Å². The number of carbonyl (C=O) groups excluding carboxylic acids is 1. The maximum absolute atomic E-state index is 14.0. The van der Waals surface area contributed by atoms with Gasteiger partial charge in [-0.05, 0) is 29.8 Å². The van der Waals surface area contributed by atoms with Crippen molar-refractivity contribution in [2.24, 2.45) is 0 Å². The Hall–Kier alpha value is -1.59. The van der Waals surface area contributed by atoms with Crippen LogP contribution in [0.3, 0.4) is 0 Å². The summed E-state index contributed by atoms with van der Waals surface area (Å²) in [5.41, 5.74) is 0.887. The molecule has 0 saturated carbocycles. The zero-order valence-corrected chi connectivity index (χ0v) is 12.3. The van der Waals surface area contributed by atoms with Crippen molar-refractivity contribution >= 4 is 35.0 Å². The van der Waals surface area contributed by atoms with E-state index in [1.165, 1.54) is 22.7 Å². The molecule has 6 heteroatoms. The first kappa shape index (κ1) is 14.4. The Kier molecular flexibility index (Phi) is 3.87. The topological polar surface area (TPSA) is 20.3 Å². The van der Waals surface area contributed by atoms with Crippen molar-refractivity contribution in [2.75, 3.05) is 10.7 Å². The molecule has 2 nitrogen and oxygen atoms in total. The van der Waals surface area contributed by atoms with Crippen LogP contribution in [0.5, 0.6) is 0 Å². The fourth-order valence-electron chi connectivity index (χ4n) is 2.27. The molecule has 1 saturated heterocycles. The van der Waals surface area contributed by atoms with Gasteiger partial charge in [0.25, 0.3) is 0 Å².